The molecule has 3 amide bonds. The molecule has 40 heavy (non-hydrogen) atoms. The highest BCUT2D eigenvalue weighted by Gasteiger charge is 2.30. The number of rotatable bonds is 7. The minimum atomic E-state index is -0.411. The minimum absolute atomic E-state index is 0.0565. The van der Waals surface area contributed by atoms with Crippen molar-refractivity contribution in [3.05, 3.63) is 95.3 Å². The Morgan fingerprint density at radius 2 is 1.50 bits per heavy atom. The summed E-state index contributed by atoms with van der Waals surface area (Å²) in [6, 6.07) is 20.6. The van der Waals surface area contributed by atoms with E-state index in [-0.39, 0.29) is 23.6 Å². The van der Waals surface area contributed by atoms with Gasteiger partial charge in [-0.25, -0.2) is 4.39 Å². The van der Waals surface area contributed by atoms with Gasteiger partial charge >= 0.3 is 0 Å². The lowest BCUT2D eigenvalue weighted by atomic mass is 9.94. The molecule has 0 bridgehead atoms. The molecule has 2 saturated heterocycles. The Hall–Kier alpha value is -4.20. The number of benzene rings is 3. The monoisotopic (exact) mass is 542 g/mol. The molecule has 2 aliphatic rings. The summed E-state index contributed by atoms with van der Waals surface area (Å²) in [5.41, 5.74) is 3.21. The third-order valence-electron chi connectivity index (χ3n) is 7.82. The van der Waals surface area contributed by atoms with Crippen LogP contribution in [0.25, 0.3) is 0 Å². The topological polar surface area (TPSA) is 73.0 Å². The van der Waals surface area contributed by atoms with E-state index in [1.54, 1.807) is 12.1 Å². The summed E-state index contributed by atoms with van der Waals surface area (Å²) in [7, 11) is 0. The summed E-state index contributed by atoms with van der Waals surface area (Å²) >= 11 is 0. The van der Waals surface area contributed by atoms with Crippen LogP contribution < -0.4 is 10.2 Å². The zero-order chi connectivity index (χ0) is 28.1. The normalized spacial score (nSPS) is 16.1. The molecule has 8 heteroatoms. The summed E-state index contributed by atoms with van der Waals surface area (Å²) in [6.07, 6.45) is 2.69. The first kappa shape index (κ1) is 27.4. The molecule has 0 aromatic heterocycles. The second-order valence-electron chi connectivity index (χ2n) is 10.4. The van der Waals surface area contributed by atoms with Crippen LogP contribution in [0.4, 0.5) is 15.8 Å². The van der Waals surface area contributed by atoms with Crippen LogP contribution in [0, 0.1) is 5.82 Å². The maximum absolute atomic E-state index is 13.6. The van der Waals surface area contributed by atoms with E-state index in [1.165, 1.54) is 24.3 Å². The number of anilines is 2. The van der Waals surface area contributed by atoms with E-state index < -0.39 is 5.82 Å². The van der Waals surface area contributed by atoms with Gasteiger partial charge in [0.1, 0.15) is 5.82 Å². The Morgan fingerprint density at radius 3 is 2.15 bits per heavy atom. The van der Waals surface area contributed by atoms with Crippen LogP contribution in [0.1, 0.15) is 58.4 Å². The number of likely N-dealkylation sites (tertiary alicyclic amines) is 1. The van der Waals surface area contributed by atoms with Gasteiger partial charge in [-0.15, -0.1) is 0 Å². The van der Waals surface area contributed by atoms with Crippen molar-refractivity contribution < 1.29 is 18.8 Å². The van der Waals surface area contributed by atoms with Crippen LogP contribution in [-0.2, 0) is 4.79 Å². The molecule has 3 aromatic rings. The number of amides is 3. The van der Waals surface area contributed by atoms with Gasteiger partial charge in [-0.05, 0) is 67.3 Å². The van der Waals surface area contributed by atoms with Crippen LogP contribution in [0.3, 0.4) is 0 Å². The van der Waals surface area contributed by atoms with Gasteiger partial charge in [-0.2, -0.15) is 0 Å². The van der Waals surface area contributed by atoms with Gasteiger partial charge in [0.05, 0.1) is 11.5 Å². The lowest BCUT2D eigenvalue weighted by Crippen LogP contribution is -2.50. The van der Waals surface area contributed by atoms with E-state index in [4.69, 9.17) is 0 Å². The first-order chi connectivity index (χ1) is 19.4. The van der Waals surface area contributed by atoms with Gasteiger partial charge in [0, 0.05) is 56.2 Å². The summed E-state index contributed by atoms with van der Waals surface area (Å²) in [6.45, 7) is 5.83. The van der Waals surface area contributed by atoms with Crippen LogP contribution >= 0.6 is 0 Å². The molecular formula is C32H35FN4O3. The van der Waals surface area contributed by atoms with Gasteiger partial charge in [0.25, 0.3) is 11.8 Å². The first-order valence-corrected chi connectivity index (χ1v) is 14.0. The van der Waals surface area contributed by atoms with Crippen molar-refractivity contribution in [3.63, 3.8) is 0 Å². The SMILES string of the molecule is CCC(C(=O)N1CCN(c2ccc(NC(=O)c3ccc(F)cc3)cc2C(=O)N2CCCC2)CC1)c1ccccc1. The van der Waals surface area contributed by atoms with Crippen molar-refractivity contribution >= 4 is 29.1 Å². The summed E-state index contributed by atoms with van der Waals surface area (Å²) in [5, 5.41) is 2.85. The zero-order valence-corrected chi connectivity index (χ0v) is 22.8. The predicted octanol–water partition coefficient (Wildman–Crippen LogP) is 5.16. The van der Waals surface area contributed by atoms with Crippen molar-refractivity contribution in [1.82, 2.24) is 9.80 Å². The summed E-state index contributed by atoms with van der Waals surface area (Å²) < 4.78 is 13.3. The van der Waals surface area contributed by atoms with Gasteiger partial charge < -0.3 is 20.0 Å². The van der Waals surface area contributed by atoms with Crippen LogP contribution in [0.15, 0.2) is 72.8 Å². The number of hydrogen-bond donors (Lipinski definition) is 1. The van der Waals surface area contributed by atoms with E-state index >= 15 is 0 Å². The van der Waals surface area contributed by atoms with Gasteiger partial charge in [-0.3, -0.25) is 14.4 Å². The number of nitrogens with one attached hydrogen (secondary N) is 1. The van der Waals surface area contributed by atoms with E-state index in [0.29, 0.717) is 56.1 Å². The number of piperazine rings is 1. The maximum atomic E-state index is 13.6. The van der Waals surface area contributed by atoms with Crippen LogP contribution in [0.2, 0.25) is 0 Å². The molecule has 0 spiro atoms. The van der Waals surface area contributed by atoms with Crippen molar-refractivity contribution in [2.75, 3.05) is 49.5 Å². The largest absolute Gasteiger partial charge is 0.367 e. The second kappa shape index (κ2) is 12.3. The molecule has 0 radical (unpaired) electrons. The fourth-order valence-electron chi connectivity index (χ4n) is 5.58. The van der Waals surface area contributed by atoms with E-state index in [1.807, 2.05) is 53.1 Å². The predicted molar refractivity (Wildman–Crippen MR) is 154 cm³/mol. The fourth-order valence-corrected chi connectivity index (χ4v) is 5.58. The molecular weight excluding hydrogens is 507 g/mol. The quantitative estimate of drug-likeness (QED) is 0.448. The lowest BCUT2D eigenvalue weighted by Gasteiger charge is -2.38. The number of hydrogen-bond acceptors (Lipinski definition) is 4. The molecule has 2 fully saturated rings. The van der Waals surface area contributed by atoms with Gasteiger partial charge in [0.2, 0.25) is 5.91 Å². The molecule has 2 heterocycles. The highest BCUT2D eigenvalue weighted by molar-refractivity contribution is 6.06. The van der Waals surface area contributed by atoms with Crippen LogP contribution in [-0.4, -0.2) is 66.8 Å². The maximum Gasteiger partial charge on any atom is 0.256 e. The van der Waals surface area contributed by atoms with Gasteiger partial charge in [0.15, 0.2) is 0 Å². The lowest BCUT2D eigenvalue weighted by molar-refractivity contribution is -0.133. The van der Waals surface area contributed by atoms with Crippen LogP contribution in [0.5, 0.6) is 0 Å². The first-order valence-electron chi connectivity index (χ1n) is 14.0. The highest BCUT2D eigenvalue weighted by atomic mass is 19.1. The molecule has 0 saturated carbocycles. The molecule has 208 valence electrons. The Morgan fingerprint density at radius 1 is 0.825 bits per heavy atom. The molecule has 1 atom stereocenters. The molecule has 5 rings (SSSR count). The number of halogens is 1. The average Bonchev–Trinajstić information content (AvgIpc) is 3.53. The van der Waals surface area contributed by atoms with E-state index in [9.17, 15) is 18.8 Å². The third kappa shape index (κ3) is 6.01. The number of carbonyl (C=O) groups excluding carboxylic acids is 3. The number of nitrogens with zero attached hydrogens (tertiary/aromatic N) is 3. The Balaban J connectivity index is 1.33. The fraction of sp³-hybridized carbons (Fsp3) is 0.344. The smallest absolute Gasteiger partial charge is 0.256 e. The van der Waals surface area contributed by atoms with Crippen molar-refractivity contribution in [2.45, 2.75) is 32.1 Å². The van der Waals surface area contributed by atoms with E-state index in [2.05, 4.69) is 10.2 Å². The summed E-state index contributed by atoms with van der Waals surface area (Å²) in [4.78, 5) is 45.7. The summed E-state index contributed by atoms with van der Waals surface area (Å²) in [5.74, 6) is -0.863. The Bertz CT molecular complexity index is 1350. The molecule has 0 aliphatic carbocycles. The highest BCUT2D eigenvalue weighted by Crippen LogP contribution is 2.29. The number of carbonyl (C=O) groups is 3. The van der Waals surface area contributed by atoms with Gasteiger partial charge in [-0.1, -0.05) is 37.3 Å². The van der Waals surface area contributed by atoms with Crippen molar-refractivity contribution in [3.8, 4) is 0 Å². The molecule has 1 unspecified atom stereocenters. The average molecular weight is 543 g/mol. The Labute approximate surface area is 234 Å². The second-order valence-corrected chi connectivity index (χ2v) is 10.4. The molecule has 3 aromatic carbocycles. The van der Waals surface area contributed by atoms with Crippen molar-refractivity contribution in [2.24, 2.45) is 0 Å². The third-order valence-corrected chi connectivity index (χ3v) is 7.82. The molecule has 1 N–H and O–H groups in total. The minimum Gasteiger partial charge on any atom is -0.367 e. The Kier molecular flexibility index (Phi) is 8.43. The molecule has 2 aliphatic heterocycles. The standard InChI is InChI=1S/C32H35FN4O3/c1-2-27(23-8-4-3-5-9-23)31(39)37-20-18-35(19-21-37)29-15-14-26(22-28(29)32(40)36-16-6-7-17-36)34-30(38)24-10-12-25(33)13-11-24/h3-5,8-15,22,27H,2,6-7,16-21H2,1H3,(H,34,38). The van der Waals surface area contributed by atoms with E-state index in [0.717, 1.165) is 30.5 Å². The molecule has 7 nitrogen and oxygen atoms in total. The zero-order valence-electron chi connectivity index (χ0n) is 22.8. The van der Waals surface area contributed by atoms with Crippen molar-refractivity contribution in [1.29, 1.82) is 0 Å².